The number of rotatable bonds is 5. The van der Waals surface area contributed by atoms with Crippen LogP contribution in [0.5, 0.6) is 5.75 Å². The van der Waals surface area contributed by atoms with Gasteiger partial charge in [0.15, 0.2) is 11.2 Å². The number of aromatic nitrogens is 4. The van der Waals surface area contributed by atoms with Crippen LogP contribution in [0.3, 0.4) is 0 Å². The van der Waals surface area contributed by atoms with E-state index in [1.54, 1.807) is 14.2 Å². The molecule has 3 heterocycles. The molecular weight excluding hydrogens is 386 g/mol. The third-order valence-electron chi connectivity index (χ3n) is 5.61. The van der Waals surface area contributed by atoms with Crippen molar-refractivity contribution in [2.75, 3.05) is 25.2 Å². The average Bonchev–Trinajstić information content (AvgIpc) is 3.11. The quantitative estimate of drug-likeness (QED) is 0.679. The van der Waals surface area contributed by atoms with E-state index >= 15 is 0 Å². The highest BCUT2D eigenvalue weighted by Gasteiger charge is 2.31. The standard InChI is InChI=1S/C21H27N5O4/c1-13-6-7-16(30-4)15(10-13)25-11-14(2)12-26-17-18(22-20(25)26)23(3)21(29)24(19(17)28)8-5-9-27/h6-7,10,14,27H,5,8-9,11-12H2,1-4H3. The molecule has 1 aliphatic rings. The van der Waals surface area contributed by atoms with Gasteiger partial charge >= 0.3 is 5.69 Å². The predicted molar refractivity (Wildman–Crippen MR) is 115 cm³/mol. The first kappa shape index (κ1) is 20.2. The Bertz CT molecular complexity index is 1220. The van der Waals surface area contributed by atoms with Crippen LogP contribution in [0.15, 0.2) is 27.8 Å². The number of hydrogen-bond donors (Lipinski definition) is 1. The van der Waals surface area contributed by atoms with E-state index < -0.39 is 5.69 Å². The third kappa shape index (κ3) is 3.09. The van der Waals surface area contributed by atoms with E-state index in [1.165, 1.54) is 9.13 Å². The van der Waals surface area contributed by atoms with Gasteiger partial charge in [0.1, 0.15) is 5.75 Å². The molecule has 0 saturated carbocycles. The zero-order chi connectivity index (χ0) is 21.6. The molecule has 0 saturated heterocycles. The molecule has 160 valence electrons. The van der Waals surface area contributed by atoms with Gasteiger partial charge in [-0.2, -0.15) is 4.98 Å². The van der Waals surface area contributed by atoms with Crippen molar-refractivity contribution >= 4 is 22.8 Å². The summed E-state index contributed by atoms with van der Waals surface area (Å²) >= 11 is 0. The fourth-order valence-electron chi connectivity index (χ4n) is 4.14. The lowest BCUT2D eigenvalue weighted by atomic mass is 10.1. The number of aliphatic hydroxyl groups is 1. The maximum Gasteiger partial charge on any atom is 0.332 e. The van der Waals surface area contributed by atoms with Crippen molar-refractivity contribution in [2.45, 2.75) is 33.4 Å². The van der Waals surface area contributed by atoms with Crippen molar-refractivity contribution in [3.63, 3.8) is 0 Å². The van der Waals surface area contributed by atoms with Crippen molar-refractivity contribution in [1.29, 1.82) is 0 Å². The van der Waals surface area contributed by atoms with Crippen LogP contribution in [0, 0.1) is 12.8 Å². The van der Waals surface area contributed by atoms with Crippen LogP contribution < -0.4 is 20.9 Å². The zero-order valence-electron chi connectivity index (χ0n) is 17.8. The molecule has 0 aliphatic carbocycles. The summed E-state index contributed by atoms with van der Waals surface area (Å²) in [6, 6.07) is 5.95. The summed E-state index contributed by atoms with van der Waals surface area (Å²) in [5.41, 5.74) is 1.95. The second-order valence-electron chi connectivity index (χ2n) is 7.96. The van der Waals surface area contributed by atoms with Gasteiger partial charge in [-0.3, -0.25) is 13.9 Å². The first-order chi connectivity index (χ1) is 14.4. The van der Waals surface area contributed by atoms with Gasteiger partial charge in [0, 0.05) is 33.3 Å². The summed E-state index contributed by atoms with van der Waals surface area (Å²) in [6.45, 7) is 5.57. The molecular formula is C21H27N5O4. The minimum absolute atomic E-state index is 0.0872. The van der Waals surface area contributed by atoms with Gasteiger partial charge in [0.05, 0.1) is 12.8 Å². The summed E-state index contributed by atoms with van der Waals surface area (Å²) in [5.74, 6) is 1.60. The van der Waals surface area contributed by atoms with Gasteiger partial charge in [-0.15, -0.1) is 0 Å². The van der Waals surface area contributed by atoms with Gasteiger partial charge in [-0.25, -0.2) is 4.79 Å². The van der Waals surface area contributed by atoms with Crippen LogP contribution in [0.2, 0.25) is 0 Å². The molecule has 1 atom stereocenters. The molecule has 1 N–H and O–H groups in total. The maximum atomic E-state index is 13.2. The molecule has 0 radical (unpaired) electrons. The Hall–Kier alpha value is -3.07. The number of methoxy groups -OCH3 is 1. The maximum absolute atomic E-state index is 13.2. The fourth-order valence-corrected chi connectivity index (χ4v) is 4.14. The average molecular weight is 413 g/mol. The van der Waals surface area contributed by atoms with E-state index in [2.05, 4.69) is 11.8 Å². The topological polar surface area (TPSA) is 94.5 Å². The minimum Gasteiger partial charge on any atom is -0.495 e. The normalized spacial score (nSPS) is 16.2. The molecule has 3 aromatic rings. The lowest BCUT2D eigenvalue weighted by Gasteiger charge is -2.33. The highest BCUT2D eigenvalue weighted by Crippen LogP contribution is 2.38. The highest BCUT2D eigenvalue weighted by atomic mass is 16.5. The first-order valence-electron chi connectivity index (χ1n) is 10.1. The SMILES string of the molecule is COc1ccc(C)cc1N1CC(C)Cn2c1nc1c2c(=O)n(CCCO)c(=O)n1C. The smallest absolute Gasteiger partial charge is 0.332 e. The molecule has 1 aliphatic heterocycles. The van der Waals surface area contributed by atoms with E-state index in [9.17, 15) is 9.59 Å². The molecule has 2 aromatic heterocycles. The van der Waals surface area contributed by atoms with E-state index in [-0.39, 0.29) is 24.6 Å². The van der Waals surface area contributed by atoms with Gasteiger partial charge in [-0.05, 0) is 37.0 Å². The van der Waals surface area contributed by atoms with Crippen LogP contribution in [-0.4, -0.2) is 44.1 Å². The first-order valence-corrected chi connectivity index (χ1v) is 10.1. The molecule has 4 rings (SSSR count). The van der Waals surface area contributed by atoms with Crippen LogP contribution >= 0.6 is 0 Å². The number of imidazole rings is 1. The molecule has 0 bridgehead atoms. The lowest BCUT2D eigenvalue weighted by Crippen LogP contribution is -2.40. The van der Waals surface area contributed by atoms with Crippen molar-refractivity contribution in [2.24, 2.45) is 13.0 Å². The van der Waals surface area contributed by atoms with Crippen LogP contribution in [0.25, 0.3) is 11.2 Å². The monoisotopic (exact) mass is 413 g/mol. The molecule has 1 unspecified atom stereocenters. The second-order valence-corrected chi connectivity index (χ2v) is 7.96. The highest BCUT2D eigenvalue weighted by molar-refractivity contribution is 5.78. The number of aryl methyl sites for hydroxylation is 2. The Balaban J connectivity index is 2.00. The Morgan fingerprint density at radius 1 is 1.27 bits per heavy atom. The molecule has 30 heavy (non-hydrogen) atoms. The number of nitrogens with zero attached hydrogens (tertiary/aromatic N) is 5. The van der Waals surface area contributed by atoms with Crippen molar-refractivity contribution < 1.29 is 9.84 Å². The number of fused-ring (bicyclic) bond motifs is 3. The zero-order valence-corrected chi connectivity index (χ0v) is 17.8. The Kier molecular flexibility index (Phi) is 5.15. The Labute approximate surface area is 173 Å². The number of benzene rings is 1. The molecule has 0 fully saturated rings. The van der Waals surface area contributed by atoms with Crippen LogP contribution in [0.4, 0.5) is 11.6 Å². The van der Waals surface area contributed by atoms with Gasteiger partial charge in [0.25, 0.3) is 5.56 Å². The largest absolute Gasteiger partial charge is 0.495 e. The van der Waals surface area contributed by atoms with E-state index in [0.29, 0.717) is 30.1 Å². The molecule has 1 aromatic carbocycles. The van der Waals surface area contributed by atoms with Crippen molar-refractivity contribution in [1.82, 2.24) is 18.7 Å². The van der Waals surface area contributed by atoms with Crippen molar-refractivity contribution in [3.05, 3.63) is 44.6 Å². The number of hydrogen-bond acceptors (Lipinski definition) is 6. The van der Waals surface area contributed by atoms with Crippen molar-refractivity contribution in [3.8, 4) is 5.75 Å². The van der Waals surface area contributed by atoms with E-state index in [4.69, 9.17) is 14.8 Å². The third-order valence-corrected chi connectivity index (χ3v) is 5.61. The van der Waals surface area contributed by atoms with Gasteiger partial charge < -0.3 is 19.3 Å². The number of aliphatic hydroxyl groups excluding tert-OH is 1. The summed E-state index contributed by atoms with van der Waals surface area (Å²) in [6.07, 6.45) is 0.338. The van der Waals surface area contributed by atoms with E-state index in [1.807, 2.05) is 29.7 Å². The molecule has 0 spiro atoms. The minimum atomic E-state index is -0.427. The van der Waals surface area contributed by atoms with E-state index in [0.717, 1.165) is 23.5 Å². The predicted octanol–water partition coefficient (Wildman–Crippen LogP) is 1.38. The summed E-state index contributed by atoms with van der Waals surface area (Å²) in [4.78, 5) is 32.8. The van der Waals surface area contributed by atoms with Gasteiger partial charge in [0.2, 0.25) is 5.95 Å². The van der Waals surface area contributed by atoms with Crippen LogP contribution in [-0.2, 0) is 20.1 Å². The van der Waals surface area contributed by atoms with Crippen LogP contribution in [0.1, 0.15) is 18.9 Å². The number of ether oxygens (including phenoxy) is 1. The van der Waals surface area contributed by atoms with Gasteiger partial charge in [-0.1, -0.05) is 13.0 Å². The fraction of sp³-hybridized carbons (Fsp3) is 0.476. The molecule has 9 heteroatoms. The summed E-state index contributed by atoms with van der Waals surface area (Å²) in [7, 11) is 3.26. The Morgan fingerprint density at radius 3 is 2.73 bits per heavy atom. The Morgan fingerprint density at radius 2 is 2.03 bits per heavy atom. The molecule has 0 amide bonds. The lowest BCUT2D eigenvalue weighted by molar-refractivity contribution is 0.277. The summed E-state index contributed by atoms with van der Waals surface area (Å²) in [5, 5.41) is 9.15. The second kappa shape index (κ2) is 7.64. The molecule has 9 nitrogen and oxygen atoms in total. The number of anilines is 2. The summed E-state index contributed by atoms with van der Waals surface area (Å²) < 4.78 is 10.1.